The van der Waals surface area contributed by atoms with Crippen molar-refractivity contribution in [2.45, 2.75) is 13.5 Å². The lowest BCUT2D eigenvalue weighted by Crippen LogP contribution is -2.37. The zero-order valence-electron chi connectivity index (χ0n) is 13.6. The van der Waals surface area contributed by atoms with Crippen molar-refractivity contribution in [2.24, 2.45) is 0 Å². The zero-order valence-corrected chi connectivity index (χ0v) is 13.6. The van der Waals surface area contributed by atoms with Gasteiger partial charge in [-0.2, -0.15) is 5.10 Å². The van der Waals surface area contributed by atoms with Crippen molar-refractivity contribution in [3.05, 3.63) is 54.9 Å². The molecule has 0 aliphatic carbocycles. The Balaban J connectivity index is 1.53. The van der Waals surface area contributed by atoms with Crippen LogP contribution < -0.4 is 10.6 Å². The van der Waals surface area contributed by atoms with Crippen molar-refractivity contribution >= 4 is 17.5 Å². The molecule has 0 bridgehead atoms. The predicted octanol–water partition coefficient (Wildman–Crippen LogP) is 0.527. The van der Waals surface area contributed by atoms with E-state index in [4.69, 9.17) is 0 Å². The van der Waals surface area contributed by atoms with E-state index in [0.29, 0.717) is 18.8 Å². The van der Waals surface area contributed by atoms with Crippen LogP contribution in [0, 0.1) is 6.92 Å². The minimum absolute atomic E-state index is 0.314. The second kappa shape index (κ2) is 7.39. The van der Waals surface area contributed by atoms with Gasteiger partial charge in [0, 0.05) is 18.4 Å². The monoisotopic (exact) mass is 339 g/mol. The number of carbonyl (C=O) groups excluding carboxylic acids is 2. The Morgan fingerprint density at radius 3 is 2.64 bits per heavy atom. The SMILES string of the molecule is Cc1ccn(CCNC(=O)C(=O)Nc2cccc(-n3cnnc3)c2)n1. The van der Waals surface area contributed by atoms with Crippen molar-refractivity contribution in [2.75, 3.05) is 11.9 Å². The van der Waals surface area contributed by atoms with Crippen molar-refractivity contribution in [1.29, 1.82) is 0 Å². The Morgan fingerprint density at radius 2 is 1.92 bits per heavy atom. The highest BCUT2D eigenvalue weighted by Gasteiger charge is 2.13. The molecule has 2 N–H and O–H groups in total. The number of benzene rings is 1. The molecule has 0 aliphatic heterocycles. The molecule has 0 radical (unpaired) electrons. The highest BCUT2D eigenvalue weighted by Crippen LogP contribution is 2.13. The fraction of sp³-hybridized carbons (Fsp3) is 0.188. The summed E-state index contributed by atoms with van der Waals surface area (Å²) in [7, 11) is 0. The topological polar surface area (TPSA) is 107 Å². The lowest BCUT2D eigenvalue weighted by atomic mass is 10.2. The van der Waals surface area contributed by atoms with Gasteiger partial charge in [-0.15, -0.1) is 10.2 Å². The minimum Gasteiger partial charge on any atom is -0.346 e. The Labute approximate surface area is 143 Å². The van der Waals surface area contributed by atoms with Crippen LogP contribution in [0.2, 0.25) is 0 Å². The van der Waals surface area contributed by atoms with Crippen LogP contribution in [0.15, 0.2) is 49.2 Å². The van der Waals surface area contributed by atoms with Gasteiger partial charge < -0.3 is 10.6 Å². The number of rotatable bonds is 5. The van der Waals surface area contributed by atoms with Crippen LogP contribution in [0.4, 0.5) is 5.69 Å². The molecule has 25 heavy (non-hydrogen) atoms. The highest BCUT2D eigenvalue weighted by atomic mass is 16.2. The van der Waals surface area contributed by atoms with Gasteiger partial charge in [0.25, 0.3) is 0 Å². The van der Waals surface area contributed by atoms with Crippen molar-refractivity contribution in [1.82, 2.24) is 29.9 Å². The van der Waals surface area contributed by atoms with Gasteiger partial charge in [-0.1, -0.05) is 6.07 Å². The van der Waals surface area contributed by atoms with Crippen molar-refractivity contribution < 1.29 is 9.59 Å². The van der Waals surface area contributed by atoms with E-state index in [2.05, 4.69) is 25.9 Å². The molecule has 9 nitrogen and oxygen atoms in total. The van der Waals surface area contributed by atoms with Gasteiger partial charge in [-0.3, -0.25) is 18.8 Å². The van der Waals surface area contributed by atoms with Gasteiger partial charge in [0.2, 0.25) is 0 Å². The third kappa shape index (κ3) is 4.28. The molecule has 3 rings (SSSR count). The molecule has 2 aromatic heterocycles. The lowest BCUT2D eigenvalue weighted by molar-refractivity contribution is -0.136. The third-order valence-corrected chi connectivity index (χ3v) is 3.43. The van der Waals surface area contributed by atoms with Gasteiger partial charge in [0.1, 0.15) is 12.7 Å². The quantitative estimate of drug-likeness (QED) is 0.659. The summed E-state index contributed by atoms with van der Waals surface area (Å²) in [5, 5.41) is 16.8. The van der Waals surface area contributed by atoms with E-state index >= 15 is 0 Å². The normalized spacial score (nSPS) is 10.4. The Morgan fingerprint density at radius 1 is 1.12 bits per heavy atom. The van der Waals surface area contributed by atoms with Gasteiger partial charge in [-0.05, 0) is 31.2 Å². The van der Waals surface area contributed by atoms with E-state index in [9.17, 15) is 9.59 Å². The van der Waals surface area contributed by atoms with E-state index in [-0.39, 0.29) is 0 Å². The maximum atomic E-state index is 12.0. The molecule has 0 atom stereocenters. The average Bonchev–Trinajstić information content (AvgIpc) is 3.27. The van der Waals surface area contributed by atoms with Crippen LogP contribution in [-0.4, -0.2) is 42.9 Å². The molecule has 0 fully saturated rings. The second-order valence-electron chi connectivity index (χ2n) is 5.35. The number of carbonyl (C=O) groups is 2. The van der Waals surface area contributed by atoms with Crippen molar-refractivity contribution in [3.8, 4) is 5.69 Å². The first-order valence-electron chi connectivity index (χ1n) is 7.66. The Kier molecular flexibility index (Phi) is 4.84. The molecule has 9 heteroatoms. The Hall–Kier alpha value is -3.49. The first-order chi connectivity index (χ1) is 12.1. The van der Waals surface area contributed by atoms with E-state index in [1.165, 1.54) is 0 Å². The summed E-state index contributed by atoms with van der Waals surface area (Å²) in [5.74, 6) is -1.42. The molecule has 128 valence electrons. The molecular formula is C16H17N7O2. The van der Waals surface area contributed by atoms with E-state index in [1.807, 2.05) is 25.3 Å². The smallest absolute Gasteiger partial charge is 0.313 e. The van der Waals surface area contributed by atoms with Crippen LogP contribution in [0.25, 0.3) is 5.69 Å². The summed E-state index contributed by atoms with van der Waals surface area (Å²) >= 11 is 0. The maximum absolute atomic E-state index is 12.0. The van der Waals surface area contributed by atoms with Crippen molar-refractivity contribution in [3.63, 3.8) is 0 Å². The second-order valence-corrected chi connectivity index (χ2v) is 5.35. The van der Waals surface area contributed by atoms with Crippen LogP contribution >= 0.6 is 0 Å². The average molecular weight is 339 g/mol. The Bertz CT molecular complexity index is 870. The van der Waals surface area contributed by atoms with Gasteiger partial charge in [-0.25, -0.2) is 0 Å². The number of nitrogens with zero attached hydrogens (tertiary/aromatic N) is 5. The molecule has 2 amide bonds. The molecular weight excluding hydrogens is 322 g/mol. The zero-order chi connectivity index (χ0) is 17.6. The molecule has 0 aliphatic rings. The van der Waals surface area contributed by atoms with Crippen LogP contribution in [0.1, 0.15) is 5.69 Å². The fourth-order valence-corrected chi connectivity index (χ4v) is 2.22. The predicted molar refractivity (Wildman–Crippen MR) is 90.0 cm³/mol. The van der Waals surface area contributed by atoms with E-state index in [0.717, 1.165) is 11.4 Å². The van der Waals surface area contributed by atoms with E-state index < -0.39 is 11.8 Å². The van der Waals surface area contributed by atoms with Gasteiger partial charge in [0.15, 0.2) is 0 Å². The van der Waals surface area contributed by atoms with Crippen LogP contribution in [0.5, 0.6) is 0 Å². The number of aryl methyl sites for hydroxylation is 1. The van der Waals surface area contributed by atoms with Crippen LogP contribution in [0.3, 0.4) is 0 Å². The summed E-state index contributed by atoms with van der Waals surface area (Å²) in [5.41, 5.74) is 2.18. The molecule has 2 heterocycles. The van der Waals surface area contributed by atoms with Gasteiger partial charge >= 0.3 is 11.8 Å². The maximum Gasteiger partial charge on any atom is 0.313 e. The third-order valence-electron chi connectivity index (χ3n) is 3.43. The number of amides is 2. The summed E-state index contributed by atoms with van der Waals surface area (Å²) in [6, 6.07) is 8.90. The largest absolute Gasteiger partial charge is 0.346 e. The summed E-state index contributed by atoms with van der Waals surface area (Å²) in [6.07, 6.45) is 4.91. The number of aromatic nitrogens is 5. The number of nitrogens with one attached hydrogen (secondary N) is 2. The molecule has 0 unspecified atom stereocenters. The summed E-state index contributed by atoms with van der Waals surface area (Å²) < 4.78 is 3.40. The number of hydrogen-bond donors (Lipinski definition) is 2. The van der Waals surface area contributed by atoms with Gasteiger partial charge in [0.05, 0.1) is 17.9 Å². The first-order valence-corrected chi connectivity index (χ1v) is 7.66. The standard InChI is InChI=1S/C16H17N7O2/c1-12-5-7-23(21-12)8-6-17-15(24)16(25)20-13-3-2-4-14(9-13)22-10-18-19-11-22/h2-5,7,9-11H,6,8H2,1H3,(H,17,24)(H,20,25). The summed E-state index contributed by atoms with van der Waals surface area (Å²) in [4.78, 5) is 23.9. The van der Waals surface area contributed by atoms with E-state index in [1.54, 1.807) is 40.1 Å². The molecule has 0 saturated carbocycles. The summed E-state index contributed by atoms with van der Waals surface area (Å²) in [6.45, 7) is 2.70. The molecule has 1 aromatic carbocycles. The molecule has 0 spiro atoms. The first kappa shape index (κ1) is 16.4. The fourth-order valence-electron chi connectivity index (χ4n) is 2.22. The lowest BCUT2D eigenvalue weighted by Gasteiger charge is -2.08. The molecule has 3 aromatic rings. The molecule has 0 saturated heterocycles. The highest BCUT2D eigenvalue weighted by molar-refractivity contribution is 6.39. The minimum atomic E-state index is -0.724. The number of anilines is 1. The number of hydrogen-bond acceptors (Lipinski definition) is 5. The van der Waals surface area contributed by atoms with Crippen LogP contribution in [-0.2, 0) is 16.1 Å².